The number of carbonyl (C=O) groups excluding carboxylic acids is 1. The van der Waals surface area contributed by atoms with Crippen LogP contribution in [0.15, 0.2) is 47.3 Å². The Labute approximate surface area is 108 Å². The fourth-order valence-electron chi connectivity index (χ4n) is 1.62. The number of carbonyl (C=O) groups is 1. The number of aliphatic hydroxyl groups excluding tert-OH is 1. The summed E-state index contributed by atoms with van der Waals surface area (Å²) in [4.78, 5) is 10.7. The molecule has 3 nitrogen and oxygen atoms in total. The van der Waals surface area contributed by atoms with Crippen molar-refractivity contribution in [3.8, 4) is 0 Å². The minimum atomic E-state index is -0.501. The maximum Gasteiger partial charge on any atom is 0.145 e. The van der Waals surface area contributed by atoms with Crippen LogP contribution in [0.4, 0.5) is 0 Å². The number of rotatable bonds is 4. The fourth-order valence-corrected chi connectivity index (χ4v) is 1.62. The molecule has 98 valence electrons. The van der Waals surface area contributed by atoms with Gasteiger partial charge in [-0.25, -0.2) is 0 Å². The molecule has 0 fully saturated rings. The first-order chi connectivity index (χ1) is 8.42. The molecule has 2 unspecified atom stereocenters. The van der Waals surface area contributed by atoms with Gasteiger partial charge in [-0.1, -0.05) is 25.2 Å². The van der Waals surface area contributed by atoms with Crippen molar-refractivity contribution in [1.82, 2.24) is 0 Å². The second kappa shape index (κ2) is 5.83. The first kappa shape index (κ1) is 14.5. The third-order valence-electron chi connectivity index (χ3n) is 3.19. The third-order valence-corrected chi connectivity index (χ3v) is 3.19. The van der Waals surface area contributed by atoms with E-state index in [0.29, 0.717) is 11.3 Å². The lowest BCUT2D eigenvalue weighted by molar-refractivity contribution is -0.104. The molecular formula is C15H20O3. The smallest absolute Gasteiger partial charge is 0.145 e. The zero-order valence-corrected chi connectivity index (χ0v) is 11.3. The Hall–Kier alpha value is -1.61. The Balaban J connectivity index is 3.21. The molecule has 1 rings (SSSR count). The summed E-state index contributed by atoms with van der Waals surface area (Å²) in [6, 6.07) is 0. The predicted octanol–water partition coefficient (Wildman–Crippen LogP) is 2.55. The molecule has 18 heavy (non-hydrogen) atoms. The number of aldehydes is 1. The van der Waals surface area contributed by atoms with Crippen molar-refractivity contribution in [3.05, 3.63) is 47.3 Å². The van der Waals surface area contributed by atoms with Crippen molar-refractivity contribution in [3.63, 3.8) is 0 Å². The molecule has 0 heterocycles. The predicted molar refractivity (Wildman–Crippen MR) is 71.9 cm³/mol. The van der Waals surface area contributed by atoms with Crippen LogP contribution in [0.1, 0.15) is 20.8 Å². The normalized spacial score (nSPS) is 25.9. The van der Waals surface area contributed by atoms with Crippen LogP contribution in [0, 0.1) is 5.41 Å². The molecule has 0 aliphatic heterocycles. The Morgan fingerprint density at radius 1 is 1.44 bits per heavy atom. The Bertz CT molecular complexity index is 439. The maximum absolute atomic E-state index is 10.7. The summed E-state index contributed by atoms with van der Waals surface area (Å²) in [5, 5.41) is 9.80. The van der Waals surface area contributed by atoms with Crippen molar-refractivity contribution in [2.45, 2.75) is 26.9 Å². The SMILES string of the molecule is COC1=C(/C=C(/C)C=O)C=CC(C)(C(C)O)C=C1. The van der Waals surface area contributed by atoms with Gasteiger partial charge in [-0.2, -0.15) is 0 Å². The molecule has 1 aliphatic rings. The van der Waals surface area contributed by atoms with E-state index in [1.54, 1.807) is 27.0 Å². The molecule has 0 saturated heterocycles. The molecule has 2 atom stereocenters. The van der Waals surface area contributed by atoms with E-state index >= 15 is 0 Å². The highest BCUT2D eigenvalue weighted by Gasteiger charge is 2.25. The lowest BCUT2D eigenvalue weighted by Gasteiger charge is -2.24. The van der Waals surface area contributed by atoms with E-state index in [2.05, 4.69) is 0 Å². The zero-order valence-electron chi connectivity index (χ0n) is 11.3. The molecule has 3 heteroatoms. The lowest BCUT2D eigenvalue weighted by Crippen LogP contribution is -2.25. The highest BCUT2D eigenvalue weighted by Crippen LogP contribution is 2.30. The van der Waals surface area contributed by atoms with Gasteiger partial charge in [0.1, 0.15) is 12.0 Å². The second-order valence-corrected chi connectivity index (χ2v) is 4.74. The van der Waals surface area contributed by atoms with Gasteiger partial charge in [0, 0.05) is 11.0 Å². The quantitative estimate of drug-likeness (QED) is 0.614. The van der Waals surface area contributed by atoms with Crippen molar-refractivity contribution in [1.29, 1.82) is 0 Å². The van der Waals surface area contributed by atoms with Gasteiger partial charge in [0.15, 0.2) is 0 Å². The minimum absolute atomic E-state index is 0.436. The van der Waals surface area contributed by atoms with Gasteiger partial charge in [-0.3, -0.25) is 4.79 Å². The standard InChI is InChI=1S/C15H20O3/c1-11(10-16)9-13-5-7-15(3,12(2)17)8-6-14(13)18-4/h5-10,12,17H,1-4H3/b11-9-. The molecule has 0 spiro atoms. The molecule has 0 saturated carbocycles. The van der Waals surface area contributed by atoms with E-state index in [0.717, 1.165) is 11.9 Å². The fraction of sp³-hybridized carbons (Fsp3) is 0.400. The van der Waals surface area contributed by atoms with Crippen LogP contribution in [0.3, 0.4) is 0 Å². The van der Waals surface area contributed by atoms with Crippen LogP contribution in [0.2, 0.25) is 0 Å². The molecule has 0 aromatic heterocycles. The molecule has 1 aliphatic carbocycles. The number of ether oxygens (including phenoxy) is 1. The Morgan fingerprint density at radius 2 is 2.06 bits per heavy atom. The Morgan fingerprint density at radius 3 is 2.56 bits per heavy atom. The van der Waals surface area contributed by atoms with Crippen LogP contribution < -0.4 is 0 Å². The summed E-state index contributed by atoms with van der Waals surface area (Å²) in [6.07, 6.45) is 9.60. The number of methoxy groups -OCH3 is 1. The van der Waals surface area contributed by atoms with Crippen LogP contribution >= 0.6 is 0 Å². The van der Waals surface area contributed by atoms with Gasteiger partial charge in [0.2, 0.25) is 0 Å². The van der Waals surface area contributed by atoms with E-state index in [9.17, 15) is 9.90 Å². The number of hydrogen-bond donors (Lipinski definition) is 1. The summed E-state index contributed by atoms with van der Waals surface area (Å²) in [6.45, 7) is 5.43. The molecule has 0 aromatic rings. The molecule has 0 bridgehead atoms. The number of hydrogen-bond acceptors (Lipinski definition) is 3. The van der Waals surface area contributed by atoms with Crippen molar-refractivity contribution < 1.29 is 14.6 Å². The second-order valence-electron chi connectivity index (χ2n) is 4.74. The molecule has 0 amide bonds. The van der Waals surface area contributed by atoms with Gasteiger partial charge >= 0.3 is 0 Å². The van der Waals surface area contributed by atoms with Crippen molar-refractivity contribution in [2.75, 3.05) is 7.11 Å². The van der Waals surface area contributed by atoms with Gasteiger partial charge in [-0.05, 0) is 31.6 Å². The first-order valence-electron chi connectivity index (χ1n) is 5.91. The van der Waals surface area contributed by atoms with Crippen molar-refractivity contribution in [2.24, 2.45) is 5.41 Å². The lowest BCUT2D eigenvalue weighted by atomic mass is 9.84. The third kappa shape index (κ3) is 3.20. The summed E-state index contributed by atoms with van der Waals surface area (Å²) < 4.78 is 5.30. The molecule has 0 radical (unpaired) electrons. The maximum atomic E-state index is 10.7. The summed E-state index contributed by atoms with van der Waals surface area (Å²) in [5.41, 5.74) is 1.01. The molecule has 0 aromatic carbocycles. The van der Waals surface area contributed by atoms with Crippen LogP contribution in [-0.4, -0.2) is 24.6 Å². The van der Waals surface area contributed by atoms with Gasteiger partial charge in [0.25, 0.3) is 0 Å². The van der Waals surface area contributed by atoms with Crippen molar-refractivity contribution >= 4 is 6.29 Å². The highest BCUT2D eigenvalue weighted by molar-refractivity contribution is 5.73. The Kier molecular flexibility index (Phi) is 4.68. The largest absolute Gasteiger partial charge is 0.496 e. The monoisotopic (exact) mass is 248 g/mol. The highest BCUT2D eigenvalue weighted by atomic mass is 16.5. The van der Waals surface area contributed by atoms with E-state index in [1.165, 1.54) is 0 Å². The van der Waals surface area contributed by atoms with Gasteiger partial charge in [-0.15, -0.1) is 0 Å². The van der Waals surface area contributed by atoms with Crippen LogP contribution in [-0.2, 0) is 9.53 Å². The number of aliphatic hydroxyl groups is 1. The molecular weight excluding hydrogens is 228 g/mol. The van der Waals surface area contributed by atoms with E-state index < -0.39 is 11.5 Å². The topological polar surface area (TPSA) is 46.5 Å². The summed E-state index contributed by atoms with van der Waals surface area (Å²) in [7, 11) is 1.59. The zero-order chi connectivity index (χ0) is 13.8. The summed E-state index contributed by atoms with van der Waals surface area (Å²) in [5.74, 6) is 0.678. The van der Waals surface area contributed by atoms with Crippen LogP contribution in [0.25, 0.3) is 0 Å². The first-order valence-corrected chi connectivity index (χ1v) is 5.91. The van der Waals surface area contributed by atoms with Crippen LogP contribution in [0.5, 0.6) is 0 Å². The average Bonchev–Trinajstić information content (AvgIpc) is 2.50. The average molecular weight is 248 g/mol. The van der Waals surface area contributed by atoms with E-state index in [4.69, 9.17) is 4.74 Å². The number of allylic oxidation sites excluding steroid dienone is 5. The molecule has 1 N–H and O–H groups in total. The van der Waals surface area contributed by atoms with E-state index in [1.807, 2.05) is 31.2 Å². The minimum Gasteiger partial charge on any atom is -0.496 e. The van der Waals surface area contributed by atoms with Gasteiger partial charge in [0.05, 0.1) is 13.2 Å². The van der Waals surface area contributed by atoms with Gasteiger partial charge < -0.3 is 9.84 Å². The van der Waals surface area contributed by atoms with E-state index in [-0.39, 0.29) is 0 Å². The summed E-state index contributed by atoms with van der Waals surface area (Å²) >= 11 is 0.